The van der Waals surface area contributed by atoms with Gasteiger partial charge in [-0.2, -0.15) is 0 Å². The number of benzene rings is 1. The number of rotatable bonds is 2. The van der Waals surface area contributed by atoms with E-state index in [0.717, 1.165) is 30.3 Å². The molecule has 0 saturated heterocycles. The molecule has 1 spiro atoms. The van der Waals surface area contributed by atoms with Crippen LogP contribution in [0.15, 0.2) is 18.2 Å². The minimum Gasteiger partial charge on any atom is -0.489 e. The van der Waals surface area contributed by atoms with Gasteiger partial charge in [-0.05, 0) is 30.5 Å². The Labute approximate surface area is 100 Å². The normalized spacial score (nSPS) is 22.0. The summed E-state index contributed by atoms with van der Waals surface area (Å²) in [4.78, 5) is 0. The minimum absolute atomic E-state index is 0.0659. The minimum atomic E-state index is -0.359. The first kappa shape index (κ1) is 10.9. The van der Waals surface area contributed by atoms with Crippen LogP contribution in [0.3, 0.4) is 0 Å². The van der Waals surface area contributed by atoms with Gasteiger partial charge >= 0.3 is 0 Å². The van der Waals surface area contributed by atoms with Gasteiger partial charge in [0.2, 0.25) is 0 Å². The van der Waals surface area contributed by atoms with E-state index in [1.165, 1.54) is 12.8 Å². The van der Waals surface area contributed by atoms with E-state index in [1.54, 1.807) is 0 Å². The van der Waals surface area contributed by atoms with Gasteiger partial charge in [-0.25, -0.2) is 0 Å². The number of aliphatic hydroxyl groups is 1. The molecule has 0 aromatic heterocycles. The highest BCUT2D eigenvalue weighted by Crippen LogP contribution is 2.49. The smallest absolute Gasteiger partial charge is 0.161 e. The molecule has 1 aromatic rings. The molecule has 1 atom stereocenters. The predicted molar refractivity (Wildman–Crippen MR) is 63.1 cm³/mol. The van der Waals surface area contributed by atoms with Crippen molar-refractivity contribution in [3.8, 4) is 11.5 Å². The Hall–Kier alpha value is -1.26. The van der Waals surface area contributed by atoms with Crippen molar-refractivity contribution in [2.75, 3.05) is 19.8 Å². The summed E-state index contributed by atoms with van der Waals surface area (Å²) in [7, 11) is 0. The Balaban J connectivity index is 1.86. The van der Waals surface area contributed by atoms with Crippen molar-refractivity contribution in [3.63, 3.8) is 0 Å². The lowest BCUT2D eigenvalue weighted by atomic mass is 10.1. The fourth-order valence-electron chi connectivity index (χ4n) is 2.06. The van der Waals surface area contributed by atoms with Crippen molar-refractivity contribution in [2.45, 2.75) is 18.9 Å². The quantitative estimate of drug-likeness (QED) is 0.809. The van der Waals surface area contributed by atoms with Crippen LogP contribution in [0, 0.1) is 5.41 Å². The van der Waals surface area contributed by atoms with Gasteiger partial charge in [-0.1, -0.05) is 6.07 Å². The summed E-state index contributed by atoms with van der Waals surface area (Å²) in [6.45, 7) is 1.40. The number of aliphatic hydroxyl groups excluding tert-OH is 1. The molecule has 1 aromatic carbocycles. The molecule has 1 aliphatic heterocycles. The number of nitrogens with two attached hydrogens (primary N) is 1. The van der Waals surface area contributed by atoms with Crippen LogP contribution < -0.4 is 15.2 Å². The third-order valence-electron chi connectivity index (χ3n) is 3.62. The van der Waals surface area contributed by atoms with Crippen LogP contribution in [0.5, 0.6) is 11.5 Å². The lowest BCUT2D eigenvalue weighted by Crippen LogP contribution is -2.17. The Morgan fingerprint density at radius 3 is 2.59 bits per heavy atom. The zero-order valence-electron chi connectivity index (χ0n) is 9.69. The van der Waals surface area contributed by atoms with Gasteiger partial charge < -0.3 is 20.3 Å². The molecule has 4 nitrogen and oxygen atoms in total. The maximum absolute atomic E-state index is 9.04. The van der Waals surface area contributed by atoms with E-state index in [2.05, 4.69) is 0 Å². The fraction of sp³-hybridized carbons (Fsp3) is 0.538. The summed E-state index contributed by atoms with van der Waals surface area (Å²) >= 11 is 0. The Morgan fingerprint density at radius 2 is 1.94 bits per heavy atom. The van der Waals surface area contributed by atoms with E-state index in [-0.39, 0.29) is 18.1 Å². The first-order chi connectivity index (χ1) is 8.22. The summed E-state index contributed by atoms with van der Waals surface area (Å²) in [5.74, 6) is 1.53. The molecule has 0 amide bonds. The maximum Gasteiger partial charge on any atom is 0.161 e. The van der Waals surface area contributed by atoms with Crippen LogP contribution in [-0.2, 0) is 0 Å². The van der Waals surface area contributed by atoms with Crippen molar-refractivity contribution in [1.29, 1.82) is 0 Å². The van der Waals surface area contributed by atoms with Gasteiger partial charge in [-0.3, -0.25) is 0 Å². The predicted octanol–water partition coefficient (Wildman–Crippen LogP) is 1.23. The molecule has 1 saturated carbocycles. The van der Waals surface area contributed by atoms with Gasteiger partial charge in [0.15, 0.2) is 11.5 Å². The van der Waals surface area contributed by atoms with E-state index in [0.29, 0.717) is 0 Å². The van der Waals surface area contributed by atoms with Crippen LogP contribution in [0.25, 0.3) is 0 Å². The summed E-state index contributed by atoms with van der Waals surface area (Å²) in [6.07, 6.45) is 2.37. The first-order valence-electron chi connectivity index (χ1n) is 5.98. The van der Waals surface area contributed by atoms with Crippen LogP contribution in [0.2, 0.25) is 0 Å². The summed E-state index contributed by atoms with van der Waals surface area (Å²) in [5, 5.41) is 9.04. The lowest BCUT2D eigenvalue weighted by Gasteiger charge is -2.12. The SMILES string of the molecule is NC(CO)c1ccc2c(c1)OCC1(CC1)CO2. The van der Waals surface area contributed by atoms with Crippen molar-refractivity contribution < 1.29 is 14.6 Å². The Bertz CT molecular complexity index is 429. The number of hydrogen-bond donors (Lipinski definition) is 2. The Kier molecular flexibility index (Phi) is 2.49. The maximum atomic E-state index is 9.04. The molecule has 0 bridgehead atoms. The molecule has 3 rings (SSSR count). The third-order valence-corrected chi connectivity index (χ3v) is 3.62. The Morgan fingerprint density at radius 1 is 1.24 bits per heavy atom. The van der Waals surface area contributed by atoms with E-state index < -0.39 is 0 Å². The van der Waals surface area contributed by atoms with E-state index in [4.69, 9.17) is 20.3 Å². The van der Waals surface area contributed by atoms with Gasteiger partial charge in [-0.15, -0.1) is 0 Å². The highest BCUT2D eigenvalue weighted by molar-refractivity contribution is 5.44. The molecule has 0 radical (unpaired) electrons. The van der Waals surface area contributed by atoms with Crippen LogP contribution in [-0.4, -0.2) is 24.9 Å². The average molecular weight is 235 g/mol. The van der Waals surface area contributed by atoms with Crippen LogP contribution in [0.1, 0.15) is 24.4 Å². The molecular formula is C13H17NO3. The van der Waals surface area contributed by atoms with E-state index >= 15 is 0 Å². The average Bonchev–Trinajstić information content (AvgIpc) is 3.16. The molecule has 4 heteroatoms. The van der Waals surface area contributed by atoms with E-state index in [9.17, 15) is 0 Å². The first-order valence-corrected chi connectivity index (χ1v) is 5.98. The molecule has 92 valence electrons. The monoisotopic (exact) mass is 235 g/mol. The van der Waals surface area contributed by atoms with Crippen LogP contribution in [0.4, 0.5) is 0 Å². The third kappa shape index (κ3) is 1.98. The highest BCUT2D eigenvalue weighted by Gasteiger charge is 2.46. The lowest BCUT2D eigenvalue weighted by molar-refractivity contribution is 0.197. The highest BCUT2D eigenvalue weighted by atomic mass is 16.5. The second-order valence-electron chi connectivity index (χ2n) is 5.07. The second kappa shape index (κ2) is 3.89. The molecule has 1 unspecified atom stereocenters. The molecule has 1 heterocycles. The second-order valence-corrected chi connectivity index (χ2v) is 5.07. The molecule has 3 N–H and O–H groups in total. The summed E-state index contributed by atoms with van der Waals surface area (Å²) in [6, 6.07) is 5.27. The summed E-state index contributed by atoms with van der Waals surface area (Å²) in [5.41, 5.74) is 6.91. The fourth-order valence-corrected chi connectivity index (χ4v) is 2.06. The van der Waals surface area contributed by atoms with Gasteiger partial charge in [0.25, 0.3) is 0 Å². The molecular weight excluding hydrogens is 218 g/mol. The van der Waals surface area contributed by atoms with Crippen molar-refractivity contribution in [2.24, 2.45) is 11.1 Å². The van der Waals surface area contributed by atoms with Crippen LogP contribution >= 0.6 is 0 Å². The van der Waals surface area contributed by atoms with Gasteiger partial charge in [0.1, 0.15) is 0 Å². The molecule has 1 fully saturated rings. The largest absolute Gasteiger partial charge is 0.489 e. The standard InChI is InChI=1S/C13H17NO3/c14-10(6-15)9-1-2-11-12(5-9)17-8-13(3-4-13)7-16-11/h1-2,5,10,15H,3-4,6-8,14H2. The van der Waals surface area contributed by atoms with E-state index in [1.807, 2.05) is 18.2 Å². The zero-order chi connectivity index (χ0) is 11.9. The summed E-state index contributed by atoms with van der Waals surface area (Å²) < 4.78 is 11.6. The molecule has 2 aliphatic rings. The van der Waals surface area contributed by atoms with Gasteiger partial charge in [0.05, 0.1) is 25.9 Å². The molecule has 17 heavy (non-hydrogen) atoms. The number of hydrogen-bond acceptors (Lipinski definition) is 4. The number of fused-ring (bicyclic) bond motifs is 1. The zero-order valence-corrected chi connectivity index (χ0v) is 9.69. The van der Waals surface area contributed by atoms with Crippen molar-refractivity contribution in [3.05, 3.63) is 23.8 Å². The molecule has 1 aliphatic carbocycles. The topological polar surface area (TPSA) is 64.7 Å². The number of ether oxygens (including phenoxy) is 2. The van der Waals surface area contributed by atoms with Crippen molar-refractivity contribution in [1.82, 2.24) is 0 Å². The van der Waals surface area contributed by atoms with Crippen molar-refractivity contribution >= 4 is 0 Å². The van der Waals surface area contributed by atoms with Gasteiger partial charge in [0, 0.05) is 5.41 Å².